The molecule has 1 saturated heterocycles. The molecule has 0 radical (unpaired) electrons. The second-order valence-electron chi connectivity index (χ2n) is 9.55. The van der Waals surface area contributed by atoms with Crippen molar-refractivity contribution in [2.24, 2.45) is 0 Å². The van der Waals surface area contributed by atoms with E-state index in [1.54, 1.807) is 15.9 Å². The molecule has 8 heteroatoms. The minimum absolute atomic E-state index is 0.0857. The van der Waals surface area contributed by atoms with Crippen molar-refractivity contribution >= 4 is 17.8 Å². The molecule has 0 aliphatic carbocycles. The van der Waals surface area contributed by atoms with Gasteiger partial charge in [0.15, 0.2) is 0 Å². The van der Waals surface area contributed by atoms with Gasteiger partial charge in [0.25, 0.3) is 5.91 Å². The molecule has 1 fully saturated rings. The first-order chi connectivity index (χ1) is 18.0. The number of nitrogens with one attached hydrogen (secondary N) is 1. The molecule has 5 rings (SSSR count). The van der Waals surface area contributed by atoms with E-state index in [0.29, 0.717) is 62.6 Å². The van der Waals surface area contributed by atoms with Gasteiger partial charge in [0, 0.05) is 32.6 Å². The highest BCUT2D eigenvalue weighted by Gasteiger charge is 2.43. The molecule has 0 spiro atoms. The maximum Gasteiger partial charge on any atom is 0.322 e. The number of amides is 4. The maximum atomic E-state index is 13.6. The third-order valence-corrected chi connectivity index (χ3v) is 7.08. The van der Waals surface area contributed by atoms with Gasteiger partial charge < -0.3 is 19.9 Å². The zero-order chi connectivity index (χ0) is 25.8. The smallest absolute Gasteiger partial charge is 0.322 e. The molecule has 3 aliphatic rings. The Bertz CT molecular complexity index is 1230. The number of nitrogens with zero attached hydrogens (tertiary/aromatic N) is 3. The molecule has 1 N–H and O–H groups in total. The molecule has 3 aliphatic heterocycles. The molecule has 2 aromatic carbocycles. The number of hydrogen-bond donors (Lipinski definition) is 1. The summed E-state index contributed by atoms with van der Waals surface area (Å²) in [6.45, 7) is 6.85. The van der Waals surface area contributed by atoms with Crippen LogP contribution >= 0.6 is 0 Å². The monoisotopic (exact) mass is 500 g/mol. The third kappa shape index (κ3) is 5.23. The second kappa shape index (κ2) is 10.9. The first kappa shape index (κ1) is 24.6. The van der Waals surface area contributed by atoms with Crippen molar-refractivity contribution in [1.29, 1.82) is 0 Å². The molecule has 0 bridgehead atoms. The molecule has 192 valence electrons. The first-order valence-corrected chi connectivity index (χ1v) is 12.8. The Morgan fingerprint density at radius 3 is 2.59 bits per heavy atom. The quantitative estimate of drug-likeness (QED) is 0.505. The number of ether oxygens (including phenoxy) is 1. The lowest BCUT2D eigenvalue weighted by atomic mass is 9.95. The molecule has 0 aromatic heterocycles. The number of benzene rings is 2. The Labute approximate surface area is 217 Å². The van der Waals surface area contributed by atoms with Crippen LogP contribution in [0.5, 0.6) is 5.75 Å². The van der Waals surface area contributed by atoms with E-state index >= 15 is 0 Å². The number of likely N-dealkylation sites (tertiary alicyclic amines) is 1. The summed E-state index contributed by atoms with van der Waals surface area (Å²) < 4.78 is 6.00. The third-order valence-electron chi connectivity index (χ3n) is 7.08. The topological polar surface area (TPSA) is 82.2 Å². The summed E-state index contributed by atoms with van der Waals surface area (Å²) in [5.74, 6) is 0.771. The average molecular weight is 501 g/mol. The van der Waals surface area contributed by atoms with Crippen LogP contribution in [0.15, 0.2) is 78.5 Å². The molecule has 3 heterocycles. The van der Waals surface area contributed by atoms with Crippen molar-refractivity contribution in [3.8, 4) is 5.75 Å². The average Bonchev–Trinajstić information content (AvgIpc) is 3.47. The summed E-state index contributed by atoms with van der Waals surface area (Å²) in [7, 11) is 0. The van der Waals surface area contributed by atoms with Gasteiger partial charge in [0.05, 0.1) is 23.9 Å². The van der Waals surface area contributed by atoms with E-state index < -0.39 is 6.04 Å². The molecular weight excluding hydrogens is 468 g/mol. The number of hydrogen-bond acceptors (Lipinski definition) is 4. The standard InChI is InChI=1S/C29H32N4O4/c1-2-14-33-24-19-32(17-8-16-31-15-7-13-25(31)34)28(35)26(24)27(30-29(33)36)22-11-6-12-23(18-22)37-20-21-9-4-3-5-10-21/h2-6,9-12,18,27H,1,7-8,13-17,19-20H2,(H,30,36). The van der Waals surface area contributed by atoms with Gasteiger partial charge in [0.1, 0.15) is 12.4 Å². The summed E-state index contributed by atoms with van der Waals surface area (Å²) in [6, 6.07) is 16.6. The van der Waals surface area contributed by atoms with Crippen LogP contribution in [0.2, 0.25) is 0 Å². The lowest BCUT2D eigenvalue weighted by Crippen LogP contribution is -2.47. The number of carbonyl (C=O) groups is 3. The van der Waals surface area contributed by atoms with Gasteiger partial charge in [-0.2, -0.15) is 0 Å². The Morgan fingerprint density at radius 2 is 1.84 bits per heavy atom. The van der Waals surface area contributed by atoms with Crippen LogP contribution < -0.4 is 10.1 Å². The van der Waals surface area contributed by atoms with E-state index in [1.165, 1.54) is 0 Å². The van der Waals surface area contributed by atoms with E-state index in [0.717, 1.165) is 24.1 Å². The summed E-state index contributed by atoms with van der Waals surface area (Å²) >= 11 is 0. The predicted octanol–water partition coefficient (Wildman–Crippen LogP) is 3.63. The molecular formula is C29H32N4O4. The lowest BCUT2D eigenvalue weighted by molar-refractivity contribution is -0.127. The Morgan fingerprint density at radius 1 is 1.03 bits per heavy atom. The first-order valence-electron chi connectivity index (χ1n) is 12.8. The van der Waals surface area contributed by atoms with E-state index in [-0.39, 0.29) is 17.8 Å². The normalized spacial score (nSPS) is 19.4. The van der Waals surface area contributed by atoms with Crippen molar-refractivity contribution in [2.75, 3.05) is 32.7 Å². The van der Waals surface area contributed by atoms with E-state index in [1.807, 2.05) is 59.5 Å². The highest BCUT2D eigenvalue weighted by atomic mass is 16.5. The summed E-state index contributed by atoms with van der Waals surface area (Å²) in [5.41, 5.74) is 3.15. The van der Waals surface area contributed by atoms with Crippen LogP contribution in [-0.2, 0) is 16.2 Å². The zero-order valence-electron chi connectivity index (χ0n) is 20.9. The SMILES string of the molecule is C=CCN1C(=O)NC(c2cccc(OCc3ccccc3)c2)C2=C1CN(CCCN1CCCC1=O)C2=O. The summed E-state index contributed by atoms with van der Waals surface area (Å²) in [6.07, 6.45) is 3.87. The van der Waals surface area contributed by atoms with Gasteiger partial charge in [-0.3, -0.25) is 14.5 Å². The largest absolute Gasteiger partial charge is 0.489 e. The highest BCUT2D eigenvalue weighted by molar-refractivity contribution is 6.01. The predicted molar refractivity (Wildman–Crippen MR) is 139 cm³/mol. The van der Waals surface area contributed by atoms with Crippen LogP contribution in [0.1, 0.15) is 36.4 Å². The van der Waals surface area contributed by atoms with Crippen LogP contribution in [0.25, 0.3) is 0 Å². The van der Waals surface area contributed by atoms with Crippen LogP contribution in [0.3, 0.4) is 0 Å². The van der Waals surface area contributed by atoms with Crippen LogP contribution in [0.4, 0.5) is 4.79 Å². The minimum Gasteiger partial charge on any atom is -0.489 e. The fourth-order valence-electron chi connectivity index (χ4n) is 5.22. The van der Waals surface area contributed by atoms with Crippen LogP contribution in [-0.4, -0.2) is 65.3 Å². The van der Waals surface area contributed by atoms with Crippen molar-refractivity contribution in [3.63, 3.8) is 0 Å². The molecule has 2 aromatic rings. The zero-order valence-corrected chi connectivity index (χ0v) is 20.9. The van der Waals surface area contributed by atoms with Crippen molar-refractivity contribution < 1.29 is 19.1 Å². The lowest BCUT2D eigenvalue weighted by Gasteiger charge is -2.33. The fourth-order valence-corrected chi connectivity index (χ4v) is 5.22. The minimum atomic E-state index is -0.568. The van der Waals surface area contributed by atoms with E-state index in [4.69, 9.17) is 4.74 Å². The Kier molecular flexibility index (Phi) is 7.25. The molecule has 4 amide bonds. The van der Waals surface area contributed by atoms with E-state index in [9.17, 15) is 14.4 Å². The van der Waals surface area contributed by atoms with Gasteiger partial charge in [-0.25, -0.2) is 4.79 Å². The molecule has 37 heavy (non-hydrogen) atoms. The van der Waals surface area contributed by atoms with Gasteiger partial charge in [-0.1, -0.05) is 48.5 Å². The molecule has 0 saturated carbocycles. The molecule has 1 atom stereocenters. The molecule has 1 unspecified atom stereocenters. The maximum absolute atomic E-state index is 13.6. The van der Waals surface area contributed by atoms with Gasteiger partial charge >= 0.3 is 6.03 Å². The number of urea groups is 1. The highest BCUT2D eigenvalue weighted by Crippen LogP contribution is 2.37. The van der Waals surface area contributed by atoms with Gasteiger partial charge in [-0.05, 0) is 36.1 Å². The summed E-state index contributed by atoms with van der Waals surface area (Å²) in [5, 5.41) is 3.02. The number of rotatable bonds is 10. The summed E-state index contributed by atoms with van der Waals surface area (Å²) in [4.78, 5) is 43.9. The number of carbonyl (C=O) groups excluding carboxylic acids is 3. The molecule has 8 nitrogen and oxygen atoms in total. The van der Waals surface area contributed by atoms with Crippen molar-refractivity contribution in [2.45, 2.75) is 31.9 Å². The van der Waals surface area contributed by atoms with Crippen molar-refractivity contribution in [3.05, 3.63) is 89.6 Å². The van der Waals surface area contributed by atoms with Gasteiger partial charge in [0.2, 0.25) is 5.91 Å². The Hall–Kier alpha value is -4.07. The van der Waals surface area contributed by atoms with Crippen molar-refractivity contribution in [1.82, 2.24) is 20.0 Å². The second-order valence-corrected chi connectivity index (χ2v) is 9.55. The fraction of sp³-hybridized carbons (Fsp3) is 0.345. The van der Waals surface area contributed by atoms with Gasteiger partial charge in [-0.15, -0.1) is 6.58 Å². The Balaban J connectivity index is 1.34. The van der Waals surface area contributed by atoms with Crippen LogP contribution in [0, 0.1) is 0 Å². The van der Waals surface area contributed by atoms with E-state index in [2.05, 4.69) is 11.9 Å².